The number of para-hydroxylation sites is 1. The predicted molar refractivity (Wildman–Crippen MR) is 86.5 cm³/mol. The number of nitrogens with one attached hydrogen (secondary N) is 1. The zero-order chi connectivity index (χ0) is 16.8. The number of amides is 1. The molecule has 0 bridgehead atoms. The van der Waals surface area contributed by atoms with Gasteiger partial charge in [-0.2, -0.15) is 0 Å². The lowest BCUT2D eigenvalue weighted by Gasteiger charge is -2.13. The second kappa shape index (κ2) is 5.13. The molecule has 2 N–H and O–H groups in total. The van der Waals surface area contributed by atoms with Gasteiger partial charge in [0.2, 0.25) is 5.76 Å². The zero-order valence-electron chi connectivity index (χ0n) is 12.7. The largest absolute Gasteiger partial charge is 0.504 e. The Morgan fingerprint density at radius 1 is 1.17 bits per heavy atom. The molecule has 4 rings (SSSR count). The molecule has 0 saturated carbocycles. The smallest absolute Gasteiger partial charge is 0.288 e. The minimum atomic E-state index is -0.650. The number of methoxy groups -OCH3 is 1. The third kappa shape index (κ3) is 1.96. The van der Waals surface area contributed by atoms with Crippen molar-refractivity contribution in [2.24, 2.45) is 0 Å². The first-order valence-corrected chi connectivity index (χ1v) is 7.33. The van der Waals surface area contributed by atoms with Gasteiger partial charge < -0.3 is 19.6 Å². The van der Waals surface area contributed by atoms with Crippen molar-refractivity contribution < 1.29 is 19.1 Å². The Morgan fingerprint density at radius 3 is 2.75 bits per heavy atom. The zero-order valence-corrected chi connectivity index (χ0v) is 12.7. The molecule has 1 aliphatic heterocycles. The van der Waals surface area contributed by atoms with Crippen molar-refractivity contribution in [2.75, 3.05) is 7.11 Å². The molecule has 1 unspecified atom stereocenters. The maximum Gasteiger partial charge on any atom is 0.288 e. The van der Waals surface area contributed by atoms with Gasteiger partial charge in [-0.05, 0) is 29.8 Å². The molecule has 0 fully saturated rings. The number of carbonyl (C=O) groups is 1. The Hall–Kier alpha value is -3.28. The van der Waals surface area contributed by atoms with Gasteiger partial charge in [-0.25, -0.2) is 0 Å². The number of carbonyl (C=O) groups excluding carboxylic acids is 1. The highest BCUT2D eigenvalue weighted by Gasteiger charge is 2.36. The summed E-state index contributed by atoms with van der Waals surface area (Å²) >= 11 is 0. The summed E-state index contributed by atoms with van der Waals surface area (Å²) < 4.78 is 10.7. The quantitative estimate of drug-likeness (QED) is 0.755. The molecule has 0 radical (unpaired) electrons. The molecular formula is C18H13NO5. The molecule has 0 spiro atoms. The van der Waals surface area contributed by atoms with Crippen molar-refractivity contribution >= 4 is 16.9 Å². The molecule has 2 heterocycles. The SMILES string of the molecule is COc1cc(C2NC(=O)c3oc4ccccc4c(=O)c32)ccc1O. The monoisotopic (exact) mass is 323 g/mol. The molecular weight excluding hydrogens is 310 g/mol. The van der Waals surface area contributed by atoms with E-state index in [-0.39, 0.29) is 28.3 Å². The van der Waals surface area contributed by atoms with Crippen LogP contribution in [0, 0.1) is 0 Å². The van der Waals surface area contributed by atoms with Crippen molar-refractivity contribution in [1.82, 2.24) is 5.32 Å². The van der Waals surface area contributed by atoms with Gasteiger partial charge in [0.25, 0.3) is 5.91 Å². The van der Waals surface area contributed by atoms with Gasteiger partial charge in [-0.15, -0.1) is 0 Å². The van der Waals surface area contributed by atoms with E-state index in [1.807, 2.05) is 0 Å². The minimum absolute atomic E-state index is 0.0173. The molecule has 24 heavy (non-hydrogen) atoms. The Balaban J connectivity index is 1.96. The van der Waals surface area contributed by atoms with E-state index >= 15 is 0 Å². The summed E-state index contributed by atoms with van der Waals surface area (Å²) in [6.07, 6.45) is 0. The highest BCUT2D eigenvalue weighted by molar-refractivity contribution is 5.98. The number of fused-ring (bicyclic) bond motifs is 2. The first-order chi connectivity index (χ1) is 11.6. The van der Waals surface area contributed by atoms with Crippen LogP contribution in [0.1, 0.15) is 27.7 Å². The fraction of sp³-hybridized carbons (Fsp3) is 0.111. The van der Waals surface area contributed by atoms with Crippen molar-refractivity contribution in [3.8, 4) is 11.5 Å². The van der Waals surface area contributed by atoms with E-state index in [1.54, 1.807) is 36.4 Å². The van der Waals surface area contributed by atoms with E-state index in [2.05, 4.69) is 5.32 Å². The van der Waals surface area contributed by atoms with Gasteiger partial charge in [0.15, 0.2) is 16.9 Å². The van der Waals surface area contributed by atoms with E-state index < -0.39 is 11.9 Å². The third-order valence-electron chi connectivity index (χ3n) is 4.14. The molecule has 1 atom stereocenters. The maximum atomic E-state index is 12.8. The van der Waals surface area contributed by atoms with Crippen molar-refractivity contribution in [3.05, 3.63) is 69.6 Å². The second-order valence-corrected chi connectivity index (χ2v) is 5.51. The van der Waals surface area contributed by atoms with Crippen LogP contribution in [0.4, 0.5) is 0 Å². The first-order valence-electron chi connectivity index (χ1n) is 7.33. The fourth-order valence-electron chi connectivity index (χ4n) is 2.98. The van der Waals surface area contributed by atoms with Gasteiger partial charge in [-0.1, -0.05) is 18.2 Å². The van der Waals surface area contributed by atoms with Gasteiger partial charge in [0, 0.05) is 0 Å². The highest BCUT2D eigenvalue weighted by Crippen LogP contribution is 2.35. The number of aromatic hydroxyl groups is 1. The van der Waals surface area contributed by atoms with E-state index in [4.69, 9.17) is 9.15 Å². The summed E-state index contributed by atoms with van der Waals surface area (Å²) in [5.41, 5.74) is 1.02. The molecule has 6 heteroatoms. The van der Waals surface area contributed by atoms with Crippen molar-refractivity contribution in [3.63, 3.8) is 0 Å². The topological polar surface area (TPSA) is 88.8 Å². The minimum Gasteiger partial charge on any atom is -0.504 e. The van der Waals surface area contributed by atoms with Crippen LogP contribution in [0.5, 0.6) is 11.5 Å². The van der Waals surface area contributed by atoms with E-state index in [1.165, 1.54) is 13.2 Å². The lowest BCUT2D eigenvalue weighted by Crippen LogP contribution is -2.21. The molecule has 0 aliphatic carbocycles. The number of phenolic OH excluding ortho intramolecular Hbond substituents is 1. The average molecular weight is 323 g/mol. The van der Waals surface area contributed by atoms with Crippen LogP contribution in [0.25, 0.3) is 11.0 Å². The van der Waals surface area contributed by atoms with E-state index in [0.717, 1.165) is 0 Å². The van der Waals surface area contributed by atoms with Gasteiger partial charge >= 0.3 is 0 Å². The maximum absolute atomic E-state index is 12.8. The molecule has 2 aromatic carbocycles. The van der Waals surface area contributed by atoms with Crippen LogP contribution < -0.4 is 15.5 Å². The molecule has 120 valence electrons. The van der Waals surface area contributed by atoms with Crippen molar-refractivity contribution in [2.45, 2.75) is 6.04 Å². The Kier molecular flexibility index (Phi) is 3.06. The van der Waals surface area contributed by atoms with E-state index in [0.29, 0.717) is 16.5 Å². The van der Waals surface area contributed by atoms with Crippen LogP contribution >= 0.6 is 0 Å². The number of ether oxygens (including phenoxy) is 1. The average Bonchev–Trinajstić information content (AvgIpc) is 2.93. The predicted octanol–water partition coefficient (Wildman–Crippen LogP) is 2.34. The van der Waals surface area contributed by atoms with Crippen molar-refractivity contribution in [1.29, 1.82) is 0 Å². The number of phenols is 1. The first kappa shape index (κ1) is 14.3. The summed E-state index contributed by atoms with van der Waals surface area (Å²) in [6.45, 7) is 0. The molecule has 0 saturated heterocycles. The summed E-state index contributed by atoms with van der Waals surface area (Å²) in [5.74, 6) is -0.169. The fourth-order valence-corrected chi connectivity index (χ4v) is 2.98. The molecule has 1 aliphatic rings. The number of rotatable bonds is 2. The summed E-state index contributed by atoms with van der Waals surface area (Å²) in [6, 6.07) is 10.8. The molecule has 1 amide bonds. The number of benzene rings is 2. The Morgan fingerprint density at radius 2 is 1.96 bits per heavy atom. The van der Waals surface area contributed by atoms with Gasteiger partial charge in [0.1, 0.15) is 5.58 Å². The molecule has 1 aromatic heterocycles. The Labute approximate surface area is 136 Å². The lowest BCUT2D eigenvalue weighted by molar-refractivity contribution is 0.0938. The molecule has 3 aromatic rings. The summed E-state index contributed by atoms with van der Waals surface area (Å²) in [5, 5.41) is 12.9. The normalized spacial score (nSPS) is 16.0. The van der Waals surface area contributed by atoms with Crippen LogP contribution in [0.3, 0.4) is 0 Å². The van der Waals surface area contributed by atoms with Crippen LogP contribution in [-0.2, 0) is 0 Å². The van der Waals surface area contributed by atoms with Gasteiger partial charge in [0.05, 0.1) is 24.1 Å². The third-order valence-corrected chi connectivity index (χ3v) is 4.14. The van der Waals surface area contributed by atoms with Crippen LogP contribution in [0.2, 0.25) is 0 Å². The highest BCUT2D eigenvalue weighted by atomic mass is 16.5. The number of hydrogen-bond donors (Lipinski definition) is 2. The van der Waals surface area contributed by atoms with Gasteiger partial charge in [-0.3, -0.25) is 9.59 Å². The molecule has 6 nitrogen and oxygen atoms in total. The Bertz CT molecular complexity index is 1040. The summed E-state index contributed by atoms with van der Waals surface area (Å²) in [4.78, 5) is 25.1. The second-order valence-electron chi connectivity index (χ2n) is 5.51. The van der Waals surface area contributed by atoms with E-state index in [9.17, 15) is 14.7 Å². The number of hydrogen-bond acceptors (Lipinski definition) is 5. The van der Waals surface area contributed by atoms with Crippen LogP contribution in [0.15, 0.2) is 51.7 Å². The lowest BCUT2D eigenvalue weighted by atomic mass is 9.99. The standard InChI is InChI=1S/C18H13NO5/c1-23-13-8-9(6-7-11(13)20)15-14-16(21)10-4-2-3-5-12(10)24-17(14)18(22)19-15/h2-8,15,20H,1H3,(H,19,22). The van der Waals surface area contributed by atoms with Crippen LogP contribution in [-0.4, -0.2) is 18.1 Å². The summed E-state index contributed by atoms with van der Waals surface area (Å²) in [7, 11) is 1.43.